The van der Waals surface area contributed by atoms with Gasteiger partial charge in [-0.1, -0.05) is 31.9 Å². The van der Waals surface area contributed by atoms with Gasteiger partial charge in [0.05, 0.1) is 5.69 Å². The van der Waals surface area contributed by atoms with Gasteiger partial charge < -0.3 is 16.2 Å². The number of rotatable bonds is 5. The maximum atomic E-state index is 9.74. The van der Waals surface area contributed by atoms with E-state index in [0.717, 1.165) is 12.5 Å². The van der Waals surface area contributed by atoms with Gasteiger partial charge in [-0.15, -0.1) is 0 Å². The van der Waals surface area contributed by atoms with E-state index in [2.05, 4.69) is 16.9 Å². The van der Waals surface area contributed by atoms with E-state index in [0.29, 0.717) is 17.1 Å². The molecule has 0 aliphatic heterocycles. The van der Waals surface area contributed by atoms with Crippen LogP contribution in [0.1, 0.15) is 37.7 Å². The monoisotopic (exact) mass is 273 g/mol. The van der Waals surface area contributed by atoms with Crippen molar-refractivity contribution in [3.05, 3.63) is 36.6 Å². The van der Waals surface area contributed by atoms with E-state index in [1.54, 1.807) is 12.3 Å². The third kappa shape index (κ3) is 3.76. The molecule has 1 aliphatic carbocycles. The maximum absolute atomic E-state index is 9.74. The lowest BCUT2D eigenvalue weighted by atomic mass is 9.89. The molecule has 4 N–H and O–H groups in total. The molecular formula is C16H23N3O. The second-order valence-electron chi connectivity index (χ2n) is 5.33. The molecule has 4 nitrogen and oxygen atoms in total. The Morgan fingerprint density at radius 3 is 2.85 bits per heavy atom. The van der Waals surface area contributed by atoms with Crippen molar-refractivity contribution in [2.45, 2.75) is 32.1 Å². The standard InChI is InChI=1S/C16H23N3O/c1-2-6-15(20)13-9-14(17)16(19-11-13)18-10-12-7-4-3-5-8-12/h2,6,9,11-12,20H,1,3-5,7-8,10,17H2,(H,18,19)/b15-6-. The molecule has 0 unspecified atom stereocenters. The van der Waals surface area contributed by atoms with E-state index < -0.39 is 0 Å². The molecule has 0 spiro atoms. The molecule has 1 aromatic rings. The molecule has 0 aromatic carbocycles. The molecule has 1 fully saturated rings. The lowest BCUT2D eigenvalue weighted by Gasteiger charge is -2.22. The predicted octanol–water partition coefficient (Wildman–Crippen LogP) is 3.74. The third-order valence-electron chi connectivity index (χ3n) is 3.77. The fourth-order valence-corrected chi connectivity index (χ4v) is 2.61. The van der Waals surface area contributed by atoms with Crippen LogP contribution in [-0.4, -0.2) is 16.6 Å². The highest BCUT2D eigenvalue weighted by Gasteiger charge is 2.14. The third-order valence-corrected chi connectivity index (χ3v) is 3.77. The molecule has 0 atom stereocenters. The van der Waals surface area contributed by atoms with Crippen molar-refractivity contribution in [2.24, 2.45) is 5.92 Å². The smallest absolute Gasteiger partial charge is 0.149 e. The number of allylic oxidation sites excluding steroid dienone is 2. The van der Waals surface area contributed by atoms with Crippen LogP contribution in [0, 0.1) is 5.92 Å². The number of pyridine rings is 1. The molecular weight excluding hydrogens is 250 g/mol. The van der Waals surface area contributed by atoms with Crippen molar-refractivity contribution in [3.63, 3.8) is 0 Å². The van der Waals surface area contributed by atoms with E-state index >= 15 is 0 Å². The van der Waals surface area contributed by atoms with Crippen LogP contribution in [0.4, 0.5) is 11.5 Å². The number of nitrogens with one attached hydrogen (secondary N) is 1. The Morgan fingerprint density at radius 1 is 1.45 bits per heavy atom. The van der Waals surface area contributed by atoms with Crippen molar-refractivity contribution in [1.82, 2.24) is 4.98 Å². The van der Waals surface area contributed by atoms with Crippen LogP contribution >= 0.6 is 0 Å². The first-order valence-corrected chi connectivity index (χ1v) is 7.22. The summed E-state index contributed by atoms with van der Waals surface area (Å²) in [5.74, 6) is 1.54. The van der Waals surface area contributed by atoms with Gasteiger partial charge >= 0.3 is 0 Å². The minimum absolute atomic E-state index is 0.123. The Labute approximate surface area is 120 Å². The molecule has 0 bridgehead atoms. The van der Waals surface area contributed by atoms with Crippen LogP contribution < -0.4 is 11.1 Å². The van der Waals surface area contributed by atoms with Crippen molar-refractivity contribution in [2.75, 3.05) is 17.6 Å². The van der Waals surface area contributed by atoms with Gasteiger partial charge in [0.15, 0.2) is 0 Å². The SMILES string of the molecule is C=C/C=C(\O)c1cnc(NCC2CCCCC2)c(N)c1. The summed E-state index contributed by atoms with van der Waals surface area (Å²) in [7, 11) is 0. The Morgan fingerprint density at radius 2 is 2.20 bits per heavy atom. The van der Waals surface area contributed by atoms with Gasteiger partial charge in [0, 0.05) is 18.3 Å². The summed E-state index contributed by atoms with van der Waals surface area (Å²) in [5.41, 5.74) is 7.14. The number of aliphatic hydroxyl groups is 1. The van der Waals surface area contributed by atoms with Gasteiger partial charge in [-0.25, -0.2) is 4.98 Å². The second kappa shape index (κ2) is 6.98. The van der Waals surface area contributed by atoms with E-state index in [4.69, 9.17) is 5.73 Å². The zero-order chi connectivity index (χ0) is 14.4. The summed E-state index contributed by atoms with van der Waals surface area (Å²) in [6.07, 6.45) is 11.3. The Kier molecular flexibility index (Phi) is 5.04. The van der Waals surface area contributed by atoms with Crippen molar-refractivity contribution >= 4 is 17.3 Å². The minimum atomic E-state index is 0.123. The average Bonchev–Trinajstić information content (AvgIpc) is 2.47. The topological polar surface area (TPSA) is 71.2 Å². The summed E-state index contributed by atoms with van der Waals surface area (Å²) < 4.78 is 0. The van der Waals surface area contributed by atoms with Crippen LogP contribution in [0.3, 0.4) is 0 Å². The molecule has 1 aromatic heterocycles. The first-order valence-electron chi connectivity index (χ1n) is 7.22. The second-order valence-corrected chi connectivity index (χ2v) is 5.33. The number of nitrogens with zero attached hydrogens (tertiary/aromatic N) is 1. The number of nitrogens with two attached hydrogens (primary N) is 1. The van der Waals surface area contributed by atoms with Gasteiger partial charge in [0.1, 0.15) is 11.6 Å². The predicted molar refractivity (Wildman–Crippen MR) is 84.5 cm³/mol. The van der Waals surface area contributed by atoms with Crippen molar-refractivity contribution in [1.29, 1.82) is 0 Å². The summed E-state index contributed by atoms with van der Waals surface area (Å²) in [6, 6.07) is 1.73. The normalized spacial score (nSPS) is 16.9. The molecule has 108 valence electrons. The zero-order valence-corrected chi connectivity index (χ0v) is 11.8. The van der Waals surface area contributed by atoms with Crippen molar-refractivity contribution < 1.29 is 5.11 Å². The van der Waals surface area contributed by atoms with Crippen LogP contribution in [0.2, 0.25) is 0 Å². The van der Waals surface area contributed by atoms with Gasteiger partial charge in [-0.05, 0) is 30.9 Å². The Balaban J connectivity index is 1.98. The highest BCUT2D eigenvalue weighted by atomic mass is 16.3. The summed E-state index contributed by atoms with van der Waals surface area (Å²) in [4.78, 5) is 4.29. The van der Waals surface area contributed by atoms with Crippen molar-refractivity contribution in [3.8, 4) is 0 Å². The molecule has 0 radical (unpaired) electrons. The molecule has 0 saturated heterocycles. The number of nitrogen functional groups attached to an aromatic ring is 1. The summed E-state index contributed by atoms with van der Waals surface area (Å²) in [6.45, 7) is 4.47. The number of anilines is 2. The first kappa shape index (κ1) is 14.4. The Bertz CT molecular complexity index is 490. The van der Waals surface area contributed by atoms with Crippen LogP contribution in [0.25, 0.3) is 5.76 Å². The quantitative estimate of drug-likeness (QED) is 0.564. The first-order chi connectivity index (χ1) is 9.70. The van der Waals surface area contributed by atoms with E-state index in [-0.39, 0.29) is 5.76 Å². The zero-order valence-electron chi connectivity index (χ0n) is 11.8. The highest BCUT2D eigenvalue weighted by molar-refractivity contribution is 5.69. The van der Waals surface area contributed by atoms with Crippen LogP contribution in [0.5, 0.6) is 0 Å². The minimum Gasteiger partial charge on any atom is -0.507 e. The summed E-state index contributed by atoms with van der Waals surface area (Å²) in [5, 5.41) is 13.1. The van der Waals surface area contributed by atoms with Gasteiger partial charge in [-0.2, -0.15) is 0 Å². The van der Waals surface area contributed by atoms with Crippen LogP contribution in [0.15, 0.2) is 31.0 Å². The van der Waals surface area contributed by atoms with E-state index in [9.17, 15) is 5.11 Å². The molecule has 1 aliphatic rings. The van der Waals surface area contributed by atoms with Gasteiger partial charge in [-0.3, -0.25) is 0 Å². The Hall–Kier alpha value is -1.97. The number of hydrogen-bond acceptors (Lipinski definition) is 4. The molecule has 1 saturated carbocycles. The lowest BCUT2D eigenvalue weighted by molar-refractivity contribution is 0.373. The number of aromatic nitrogens is 1. The average molecular weight is 273 g/mol. The maximum Gasteiger partial charge on any atom is 0.149 e. The molecule has 1 heterocycles. The van der Waals surface area contributed by atoms with Gasteiger partial charge in [0.25, 0.3) is 0 Å². The molecule has 4 heteroatoms. The largest absolute Gasteiger partial charge is 0.507 e. The highest BCUT2D eigenvalue weighted by Crippen LogP contribution is 2.25. The lowest BCUT2D eigenvalue weighted by Crippen LogP contribution is -2.18. The van der Waals surface area contributed by atoms with E-state index in [1.807, 2.05) is 0 Å². The fraction of sp³-hybridized carbons (Fsp3) is 0.438. The number of aliphatic hydroxyl groups excluding tert-OH is 1. The molecule has 20 heavy (non-hydrogen) atoms. The van der Waals surface area contributed by atoms with E-state index in [1.165, 1.54) is 44.3 Å². The summed E-state index contributed by atoms with van der Waals surface area (Å²) >= 11 is 0. The molecule has 0 amide bonds. The number of hydrogen-bond donors (Lipinski definition) is 3. The van der Waals surface area contributed by atoms with Crippen LogP contribution in [-0.2, 0) is 0 Å². The fourth-order valence-electron chi connectivity index (χ4n) is 2.61. The molecule has 2 rings (SSSR count). The van der Waals surface area contributed by atoms with Gasteiger partial charge in [0.2, 0.25) is 0 Å².